The summed E-state index contributed by atoms with van der Waals surface area (Å²) in [5.74, 6) is -2.32. The van der Waals surface area contributed by atoms with Crippen molar-refractivity contribution in [1.29, 1.82) is 0 Å². The highest BCUT2D eigenvalue weighted by Crippen LogP contribution is 2.38. The fourth-order valence-corrected chi connectivity index (χ4v) is 3.03. The van der Waals surface area contributed by atoms with Gasteiger partial charge in [-0.05, 0) is 57.3 Å². The first-order valence-corrected chi connectivity index (χ1v) is 7.09. The molecule has 4 aromatic carbocycles. The summed E-state index contributed by atoms with van der Waals surface area (Å²) in [7, 11) is 0. The summed E-state index contributed by atoms with van der Waals surface area (Å²) in [6, 6.07) is 16.9. The normalized spacial score (nSPS) is 11.3. The highest BCUT2D eigenvalue weighted by Gasteiger charge is 2.18. The molecule has 0 spiro atoms. The van der Waals surface area contributed by atoms with Crippen LogP contribution in [0.15, 0.2) is 54.6 Å². The zero-order valence-corrected chi connectivity index (χ0v) is 11.9. The second-order valence-electron chi connectivity index (χ2n) is 5.54. The van der Waals surface area contributed by atoms with E-state index < -0.39 is 17.5 Å². The van der Waals surface area contributed by atoms with Gasteiger partial charge in [-0.1, -0.05) is 24.3 Å². The number of rotatable bonds is 1. The Kier molecular flexibility index (Phi) is 2.69. The maximum absolute atomic E-state index is 11.5. The Bertz CT molecular complexity index is 1110. The van der Waals surface area contributed by atoms with Crippen molar-refractivity contribution in [2.75, 3.05) is 0 Å². The van der Waals surface area contributed by atoms with Gasteiger partial charge in [0.15, 0.2) is 11.5 Å². The number of carbonyl (C=O) groups is 1. The number of hydrogen-bond donors (Lipinski definition) is 3. The third kappa shape index (κ3) is 1.96. The van der Waals surface area contributed by atoms with Crippen molar-refractivity contribution in [2.45, 2.75) is 0 Å². The Balaban J connectivity index is 2.19. The fraction of sp³-hybridized carbons (Fsp3) is 0. The zero-order valence-electron chi connectivity index (χ0n) is 11.9. The lowest BCUT2D eigenvalue weighted by atomic mass is 9.96. The minimum Gasteiger partial charge on any atom is -0.504 e. The van der Waals surface area contributed by atoms with Crippen molar-refractivity contribution in [3.05, 3.63) is 60.2 Å². The molecule has 4 nitrogen and oxygen atoms in total. The van der Waals surface area contributed by atoms with Crippen molar-refractivity contribution in [2.24, 2.45) is 0 Å². The smallest absolute Gasteiger partial charge is 0.340 e. The van der Waals surface area contributed by atoms with Crippen molar-refractivity contribution in [3.63, 3.8) is 0 Å². The number of fused-ring (bicyclic) bond motifs is 3. The predicted octanol–water partition coefficient (Wildman–Crippen LogP) is 4.26. The van der Waals surface area contributed by atoms with Crippen LogP contribution < -0.4 is 0 Å². The van der Waals surface area contributed by atoms with Crippen LogP contribution in [0.1, 0.15) is 10.4 Å². The number of carboxylic acid groups (broad SMARTS) is 1. The summed E-state index contributed by atoms with van der Waals surface area (Å²) >= 11 is 0. The van der Waals surface area contributed by atoms with Gasteiger partial charge in [0.25, 0.3) is 0 Å². The van der Waals surface area contributed by atoms with E-state index in [0.717, 1.165) is 21.5 Å². The molecule has 0 radical (unpaired) electrons. The molecular formula is C19H12O4. The van der Waals surface area contributed by atoms with Gasteiger partial charge in [0, 0.05) is 5.39 Å². The Labute approximate surface area is 130 Å². The minimum atomic E-state index is -1.27. The van der Waals surface area contributed by atoms with Gasteiger partial charge >= 0.3 is 5.97 Å². The molecule has 23 heavy (non-hydrogen) atoms. The van der Waals surface area contributed by atoms with Gasteiger partial charge in [0.1, 0.15) is 5.56 Å². The van der Waals surface area contributed by atoms with Crippen LogP contribution in [0.4, 0.5) is 0 Å². The fourth-order valence-electron chi connectivity index (χ4n) is 3.03. The molecule has 4 rings (SSSR count). The van der Waals surface area contributed by atoms with Gasteiger partial charge in [-0.3, -0.25) is 0 Å². The van der Waals surface area contributed by atoms with E-state index in [4.69, 9.17) is 0 Å². The summed E-state index contributed by atoms with van der Waals surface area (Å²) in [6.07, 6.45) is 0. The molecule has 0 amide bonds. The molecule has 0 aliphatic carbocycles. The Morgan fingerprint density at radius 3 is 1.91 bits per heavy atom. The molecule has 0 aliphatic heterocycles. The highest BCUT2D eigenvalue weighted by molar-refractivity contribution is 6.12. The maximum Gasteiger partial charge on any atom is 0.340 e. The van der Waals surface area contributed by atoms with Crippen molar-refractivity contribution < 1.29 is 20.1 Å². The van der Waals surface area contributed by atoms with Crippen LogP contribution in [-0.4, -0.2) is 21.3 Å². The molecule has 0 bridgehead atoms. The van der Waals surface area contributed by atoms with Crippen LogP contribution in [0.25, 0.3) is 32.3 Å². The number of hydrogen-bond acceptors (Lipinski definition) is 3. The largest absolute Gasteiger partial charge is 0.504 e. The van der Waals surface area contributed by atoms with Gasteiger partial charge in [0.2, 0.25) is 0 Å². The molecule has 112 valence electrons. The van der Waals surface area contributed by atoms with Crippen LogP contribution >= 0.6 is 0 Å². The molecule has 0 aromatic heterocycles. The van der Waals surface area contributed by atoms with Gasteiger partial charge in [0.05, 0.1) is 0 Å². The van der Waals surface area contributed by atoms with E-state index in [-0.39, 0.29) is 5.56 Å². The quantitative estimate of drug-likeness (QED) is 0.363. The summed E-state index contributed by atoms with van der Waals surface area (Å²) < 4.78 is 0. The van der Waals surface area contributed by atoms with E-state index in [2.05, 4.69) is 0 Å². The average Bonchev–Trinajstić information content (AvgIpc) is 2.52. The second-order valence-corrected chi connectivity index (χ2v) is 5.54. The Hall–Kier alpha value is -3.27. The first-order chi connectivity index (χ1) is 11.0. The van der Waals surface area contributed by atoms with E-state index in [0.29, 0.717) is 10.8 Å². The second kappa shape index (κ2) is 4.61. The molecule has 4 heteroatoms. The lowest BCUT2D eigenvalue weighted by molar-refractivity contribution is 0.0695. The standard InChI is InChI=1S/C19H12O4/c20-16-9-14-7-12-5-10-3-1-2-4-11(10)6-13(12)8-15(14)17(18(16)21)19(22)23/h1-9,20-21H,(H,22,23). The van der Waals surface area contributed by atoms with Crippen molar-refractivity contribution >= 4 is 38.3 Å². The first kappa shape index (κ1) is 13.4. The molecule has 0 atom stereocenters. The van der Waals surface area contributed by atoms with Gasteiger partial charge in [-0.15, -0.1) is 0 Å². The third-order valence-electron chi connectivity index (χ3n) is 4.13. The van der Waals surface area contributed by atoms with E-state index in [1.807, 2.05) is 42.5 Å². The molecular weight excluding hydrogens is 292 g/mol. The summed E-state index contributed by atoms with van der Waals surface area (Å²) in [4.78, 5) is 11.5. The molecule has 0 unspecified atom stereocenters. The van der Waals surface area contributed by atoms with Crippen LogP contribution in [-0.2, 0) is 0 Å². The predicted molar refractivity (Wildman–Crippen MR) is 89.2 cm³/mol. The SMILES string of the molecule is O=C(O)c1c(O)c(O)cc2cc3cc4ccccc4cc3cc12. The average molecular weight is 304 g/mol. The number of carboxylic acids is 1. The van der Waals surface area contributed by atoms with Crippen LogP contribution in [0.2, 0.25) is 0 Å². The number of benzene rings is 4. The topological polar surface area (TPSA) is 77.8 Å². The zero-order chi connectivity index (χ0) is 16.1. The van der Waals surface area contributed by atoms with E-state index in [9.17, 15) is 20.1 Å². The molecule has 0 heterocycles. The van der Waals surface area contributed by atoms with Gasteiger partial charge in [-0.25, -0.2) is 4.79 Å². The minimum absolute atomic E-state index is 0.282. The lowest BCUT2D eigenvalue weighted by Crippen LogP contribution is -1.98. The van der Waals surface area contributed by atoms with Crippen molar-refractivity contribution in [3.8, 4) is 11.5 Å². The van der Waals surface area contributed by atoms with Crippen molar-refractivity contribution in [1.82, 2.24) is 0 Å². The summed E-state index contributed by atoms with van der Waals surface area (Å²) in [6.45, 7) is 0. The number of phenols is 2. The molecule has 4 aromatic rings. The van der Waals surface area contributed by atoms with E-state index >= 15 is 0 Å². The molecule has 3 N–H and O–H groups in total. The number of aromatic hydroxyl groups is 2. The molecule has 0 aliphatic rings. The van der Waals surface area contributed by atoms with E-state index in [1.165, 1.54) is 6.07 Å². The molecule has 0 fully saturated rings. The van der Waals surface area contributed by atoms with E-state index in [1.54, 1.807) is 6.07 Å². The lowest BCUT2D eigenvalue weighted by Gasteiger charge is -2.10. The van der Waals surface area contributed by atoms with Gasteiger partial charge < -0.3 is 15.3 Å². The summed E-state index contributed by atoms with van der Waals surface area (Å²) in [5, 5.41) is 33.9. The first-order valence-electron chi connectivity index (χ1n) is 7.09. The summed E-state index contributed by atoms with van der Waals surface area (Å²) in [5.41, 5.74) is -0.282. The van der Waals surface area contributed by atoms with Gasteiger partial charge in [-0.2, -0.15) is 0 Å². The number of phenolic OH excluding ortho intramolecular Hbond substituents is 1. The Morgan fingerprint density at radius 2 is 1.30 bits per heavy atom. The number of aromatic carboxylic acids is 1. The third-order valence-corrected chi connectivity index (χ3v) is 4.13. The Morgan fingerprint density at radius 1 is 0.739 bits per heavy atom. The highest BCUT2D eigenvalue weighted by atomic mass is 16.4. The maximum atomic E-state index is 11.5. The van der Waals surface area contributed by atoms with Crippen LogP contribution in [0.3, 0.4) is 0 Å². The monoisotopic (exact) mass is 304 g/mol. The molecule has 0 saturated carbocycles. The van der Waals surface area contributed by atoms with Crippen LogP contribution in [0.5, 0.6) is 11.5 Å². The molecule has 0 saturated heterocycles. The van der Waals surface area contributed by atoms with Crippen LogP contribution in [0, 0.1) is 0 Å².